The van der Waals surface area contributed by atoms with Gasteiger partial charge in [0, 0.05) is 9.77 Å². The number of methoxy groups -OCH3 is 1. The second-order valence-electron chi connectivity index (χ2n) is 9.72. The predicted octanol–water partition coefficient (Wildman–Crippen LogP) is 7.16. The number of nitrogens with one attached hydrogen (secondary N) is 1. The Morgan fingerprint density at radius 3 is 2.32 bits per heavy atom. The lowest BCUT2D eigenvalue weighted by atomic mass is 9.72. The van der Waals surface area contributed by atoms with Crippen LogP contribution in [0, 0.1) is 11.3 Å². The highest BCUT2D eigenvalue weighted by Crippen LogP contribution is 2.45. The van der Waals surface area contributed by atoms with Crippen molar-refractivity contribution in [1.29, 1.82) is 0 Å². The summed E-state index contributed by atoms with van der Waals surface area (Å²) < 4.78 is 5.13. The Morgan fingerprint density at radius 1 is 1.06 bits per heavy atom. The molecule has 4 rings (SSSR count). The van der Waals surface area contributed by atoms with Crippen LogP contribution in [0.25, 0.3) is 0 Å². The van der Waals surface area contributed by atoms with Gasteiger partial charge in [0.1, 0.15) is 10.3 Å². The summed E-state index contributed by atoms with van der Waals surface area (Å²) in [7, 11) is 1.40. The number of benzene rings is 2. The molecule has 0 radical (unpaired) electrons. The second-order valence-corrected chi connectivity index (χ2v) is 12.0. The van der Waals surface area contributed by atoms with Crippen molar-refractivity contribution < 1.29 is 14.3 Å². The lowest BCUT2D eigenvalue weighted by Crippen LogP contribution is -2.26. The molecule has 1 aliphatic rings. The van der Waals surface area contributed by atoms with Gasteiger partial charge in [0.25, 0.3) is 0 Å². The monoisotopic (exact) mass is 493 g/mol. The average Bonchev–Trinajstić information content (AvgIpc) is 3.19. The minimum Gasteiger partial charge on any atom is -0.465 e. The van der Waals surface area contributed by atoms with Gasteiger partial charge in [0.05, 0.1) is 12.7 Å². The van der Waals surface area contributed by atoms with E-state index >= 15 is 0 Å². The number of carbonyl (C=O) groups excluding carboxylic acids is 2. The fourth-order valence-electron chi connectivity index (χ4n) is 4.44. The molecule has 34 heavy (non-hydrogen) atoms. The predicted molar refractivity (Wildman–Crippen MR) is 141 cm³/mol. The average molecular weight is 494 g/mol. The molecule has 2 atom stereocenters. The van der Waals surface area contributed by atoms with Crippen LogP contribution in [0.1, 0.15) is 58.8 Å². The quantitative estimate of drug-likeness (QED) is 0.292. The molecule has 0 saturated carbocycles. The van der Waals surface area contributed by atoms with Crippen LogP contribution >= 0.6 is 23.1 Å². The SMILES string of the molecule is COC(=O)c1c(NC(=O)[C@@H](Sc2ccccc2)c2ccccc2)sc2c1CC[C@@H](C(C)(C)C)C2. The van der Waals surface area contributed by atoms with Gasteiger partial charge in [-0.1, -0.05) is 69.3 Å². The van der Waals surface area contributed by atoms with Gasteiger partial charge in [-0.2, -0.15) is 0 Å². The summed E-state index contributed by atoms with van der Waals surface area (Å²) in [6, 6.07) is 19.7. The lowest BCUT2D eigenvalue weighted by molar-refractivity contribution is -0.115. The maximum absolute atomic E-state index is 13.6. The zero-order valence-corrected chi connectivity index (χ0v) is 21.7. The van der Waals surface area contributed by atoms with Crippen LogP contribution in [0.4, 0.5) is 5.00 Å². The summed E-state index contributed by atoms with van der Waals surface area (Å²) in [6.07, 6.45) is 2.78. The molecular formula is C28H31NO3S2. The van der Waals surface area contributed by atoms with Crippen molar-refractivity contribution >= 4 is 40.0 Å². The Labute approximate surface area is 210 Å². The van der Waals surface area contributed by atoms with E-state index in [0.717, 1.165) is 35.3 Å². The third-order valence-corrected chi connectivity index (χ3v) is 8.89. The van der Waals surface area contributed by atoms with E-state index in [0.29, 0.717) is 16.5 Å². The van der Waals surface area contributed by atoms with Gasteiger partial charge >= 0.3 is 5.97 Å². The van der Waals surface area contributed by atoms with Gasteiger partial charge in [0.2, 0.25) is 5.91 Å². The van der Waals surface area contributed by atoms with E-state index in [-0.39, 0.29) is 17.3 Å². The number of ether oxygens (including phenoxy) is 1. The van der Waals surface area contributed by atoms with E-state index in [4.69, 9.17) is 4.74 Å². The molecule has 0 bridgehead atoms. The third-order valence-electron chi connectivity index (χ3n) is 6.45. The Balaban J connectivity index is 1.66. The summed E-state index contributed by atoms with van der Waals surface area (Å²) in [5.74, 6) is 0.0172. The minimum atomic E-state index is -0.449. The van der Waals surface area contributed by atoms with Crippen molar-refractivity contribution in [3.63, 3.8) is 0 Å². The van der Waals surface area contributed by atoms with E-state index in [2.05, 4.69) is 26.1 Å². The Hall–Kier alpha value is -2.57. The summed E-state index contributed by atoms with van der Waals surface area (Å²) in [5, 5.41) is 3.27. The largest absolute Gasteiger partial charge is 0.465 e. The number of rotatable bonds is 6. The van der Waals surface area contributed by atoms with Crippen molar-refractivity contribution in [2.24, 2.45) is 11.3 Å². The molecule has 3 aromatic rings. The standard InChI is InChI=1S/C28H31NO3S2/c1-28(2,3)19-15-16-21-22(17-19)34-26(23(21)27(31)32-4)29-25(30)24(18-11-7-5-8-12-18)33-20-13-9-6-10-14-20/h5-14,19,24H,15-17H2,1-4H3,(H,29,30)/t19-,24+/m1/s1. The minimum absolute atomic E-state index is 0.142. The van der Waals surface area contributed by atoms with Crippen LogP contribution in [0.15, 0.2) is 65.6 Å². The van der Waals surface area contributed by atoms with Crippen LogP contribution in [0.5, 0.6) is 0 Å². The molecule has 6 heteroatoms. The van der Waals surface area contributed by atoms with Crippen molar-refractivity contribution in [2.75, 3.05) is 12.4 Å². The van der Waals surface area contributed by atoms with E-state index in [1.165, 1.54) is 35.1 Å². The van der Waals surface area contributed by atoms with Crippen molar-refractivity contribution in [2.45, 2.75) is 50.2 Å². The first-order valence-electron chi connectivity index (χ1n) is 11.6. The summed E-state index contributed by atoms with van der Waals surface area (Å²) in [4.78, 5) is 28.6. The Kier molecular flexibility index (Phi) is 7.48. The molecule has 1 heterocycles. The molecule has 0 fully saturated rings. The smallest absolute Gasteiger partial charge is 0.341 e. The lowest BCUT2D eigenvalue weighted by Gasteiger charge is -2.33. The number of hydrogen-bond acceptors (Lipinski definition) is 5. The zero-order valence-electron chi connectivity index (χ0n) is 20.1. The van der Waals surface area contributed by atoms with Crippen LogP contribution in [0.2, 0.25) is 0 Å². The molecule has 0 aliphatic heterocycles. The number of thioether (sulfide) groups is 1. The molecule has 0 saturated heterocycles. The first-order chi connectivity index (χ1) is 16.3. The van der Waals surface area contributed by atoms with E-state index < -0.39 is 5.25 Å². The van der Waals surface area contributed by atoms with E-state index in [1.54, 1.807) is 0 Å². The maximum Gasteiger partial charge on any atom is 0.341 e. The first-order valence-corrected chi connectivity index (χ1v) is 13.3. The van der Waals surface area contributed by atoms with E-state index in [1.807, 2.05) is 60.7 Å². The molecule has 1 aromatic heterocycles. The van der Waals surface area contributed by atoms with Gasteiger partial charge < -0.3 is 10.1 Å². The number of fused-ring (bicyclic) bond motifs is 1. The van der Waals surface area contributed by atoms with Gasteiger partial charge in [-0.05, 0) is 53.9 Å². The summed E-state index contributed by atoms with van der Waals surface area (Å²) in [6.45, 7) is 6.81. The highest BCUT2D eigenvalue weighted by atomic mass is 32.2. The maximum atomic E-state index is 13.6. The summed E-state index contributed by atoms with van der Waals surface area (Å²) in [5.41, 5.74) is 2.68. The molecule has 0 unspecified atom stereocenters. The van der Waals surface area contributed by atoms with Crippen LogP contribution < -0.4 is 5.32 Å². The number of anilines is 1. The van der Waals surface area contributed by atoms with Gasteiger partial charge in [-0.15, -0.1) is 23.1 Å². The summed E-state index contributed by atoms with van der Waals surface area (Å²) >= 11 is 3.03. The highest BCUT2D eigenvalue weighted by molar-refractivity contribution is 8.00. The van der Waals surface area contributed by atoms with Crippen molar-refractivity contribution in [3.8, 4) is 0 Å². The third kappa shape index (κ3) is 5.39. The Bertz CT molecular complexity index is 1150. The molecule has 1 N–H and O–H groups in total. The van der Waals surface area contributed by atoms with Crippen LogP contribution in [-0.4, -0.2) is 19.0 Å². The number of thiophene rings is 1. The van der Waals surface area contributed by atoms with Crippen molar-refractivity contribution in [3.05, 3.63) is 82.2 Å². The first kappa shape index (κ1) is 24.6. The zero-order chi connectivity index (χ0) is 24.3. The van der Waals surface area contributed by atoms with Gasteiger partial charge in [-0.25, -0.2) is 4.79 Å². The van der Waals surface area contributed by atoms with Crippen LogP contribution in [-0.2, 0) is 22.4 Å². The number of carbonyl (C=O) groups is 2. The molecule has 1 aliphatic carbocycles. The van der Waals surface area contributed by atoms with E-state index in [9.17, 15) is 9.59 Å². The molecular weight excluding hydrogens is 462 g/mol. The topological polar surface area (TPSA) is 55.4 Å². The van der Waals surface area contributed by atoms with Crippen LogP contribution in [0.3, 0.4) is 0 Å². The molecule has 2 aromatic carbocycles. The number of esters is 1. The second kappa shape index (κ2) is 10.4. The molecule has 178 valence electrons. The highest BCUT2D eigenvalue weighted by Gasteiger charge is 2.35. The number of hydrogen-bond donors (Lipinski definition) is 1. The molecule has 0 spiro atoms. The normalized spacial score (nSPS) is 16.4. The molecule has 4 nitrogen and oxygen atoms in total. The fourth-order valence-corrected chi connectivity index (χ4v) is 6.81. The van der Waals surface area contributed by atoms with Gasteiger partial charge in [0.15, 0.2) is 0 Å². The Morgan fingerprint density at radius 2 is 1.71 bits per heavy atom. The van der Waals surface area contributed by atoms with Crippen molar-refractivity contribution in [1.82, 2.24) is 0 Å². The molecule has 1 amide bonds. The van der Waals surface area contributed by atoms with Gasteiger partial charge in [-0.3, -0.25) is 4.79 Å². The fraction of sp³-hybridized carbons (Fsp3) is 0.357. The number of amides is 1.